The summed E-state index contributed by atoms with van der Waals surface area (Å²) in [5.74, 6) is -0.0447. The average Bonchev–Trinajstić information content (AvgIpc) is 3.10. The van der Waals surface area contributed by atoms with E-state index in [1.807, 2.05) is 73.7 Å². The van der Waals surface area contributed by atoms with Crippen LogP contribution in [0.2, 0.25) is 0 Å². The molecule has 0 aliphatic heterocycles. The zero-order valence-corrected chi connectivity index (χ0v) is 16.7. The number of nitriles is 1. The zero-order valence-electron chi connectivity index (χ0n) is 16.7. The van der Waals surface area contributed by atoms with Crippen LogP contribution in [-0.4, -0.2) is 27.1 Å². The van der Waals surface area contributed by atoms with E-state index in [-0.39, 0.29) is 11.9 Å². The highest BCUT2D eigenvalue weighted by Crippen LogP contribution is 2.25. The van der Waals surface area contributed by atoms with E-state index < -0.39 is 0 Å². The summed E-state index contributed by atoms with van der Waals surface area (Å²) in [4.78, 5) is 15.1. The third kappa shape index (κ3) is 3.54. The molecule has 142 valence electrons. The molecule has 0 fully saturated rings. The molecule has 3 aromatic rings. The minimum Gasteiger partial charge on any atom is -0.332 e. The van der Waals surface area contributed by atoms with Gasteiger partial charge in [-0.15, -0.1) is 0 Å². The predicted molar refractivity (Wildman–Crippen MR) is 109 cm³/mol. The van der Waals surface area contributed by atoms with E-state index in [0.29, 0.717) is 17.7 Å². The van der Waals surface area contributed by atoms with Crippen LogP contribution in [0.25, 0.3) is 5.69 Å². The molecule has 2 aromatic carbocycles. The number of carbonyl (C=O) groups excluding carboxylic acids is 1. The Morgan fingerprint density at radius 1 is 1.18 bits per heavy atom. The Labute approximate surface area is 165 Å². The molecule has 0 radical (unpaired) electrons. The van der Waals surface area contributed by atoms with Crippen molar-refractivity contribution in [1.29, 1.82) is 5.26 Å². The summed E-state index contributed by atoms with van der Waals surface area (Å²) in [5, 5.41) is 13.5. The molecule has 0 saturated heterocycles. The van der Waals surface area contributed by atoms with Crippen molar-refractivity contribution in [2.45, 2.75) is 33.7 Å². The number of hydrogen-bond donors (Lipinski definition) is 0. The van der Waals surface area contributed by atoms with Gasteiger partial charge in [0.1, 0.15) is 0 Å². The molecular weight excluding hydrogens is 348 g/mol. The highest BCUT2D eigenvalue weighted by Gasteiger charge is 2.25. The van der Waals surface area contributed by atoms with Gasteiger partial charge in [0.05, 0.1) is 40.8 Å². The second-order valence-corrected chi connectivity index (χ2v) is 6.84. The lowest BCUT2D eigenvalue weighted by Crippen LogP contribution is -2.33. The quantitative estimate of drug-likeness (QED) is 0.658. The molecule has 5 nitrogen and oxygen atoms in total. The van der Waals surface area contributed by atoms with Crippen LogP contribution >= 0.6 is 0 Å². The molecule has 28 heavy (non-hydrogen) atoms. The first-order valence-electron chi connectivity index (χ1n) is 9.39. The van der Waals surface area contributed by atoms with Crippen LogP contribution in [0, 0.1) is 25.2 Å². The molecular formula is C23H24N4O. The Hall–Kier alpha value is -3.39. The molecule has 0 spiro atoms. The van der Waals surface area contributed by atoms with E-state index in [9.17, 15) is 4.79 Å². The lowest BCUT2D eigenvalue weighted by molar-refractivity contribution is 0.0701. The Morgan fingerprint density at radius 2 is 1.86 bits per heavy atom. The first-order valence-corrected chi connectivity index (χ1v) is 9.39. The normalized spacial score (nSPS) is 11.7. The Kier molecular flexibility index (Phi) is 5.60. The molecule has 3 rings (SSSR count). The highest BCUT2D eigenvalue weighted by atomic mass is 16.2. The van der Waals surface area contributed by atoms with E-state index in [2.05, 4.69) is 11.2 Å². The van der Waals surface area contributed by atoms with Crippen LogP contribution in [0.3, 0.4) is 0 Å². The van der Waals surface area contributed by atoms with Gasteiger partial charge in [0, 0.05) is 6.54 Å². The third-order valence-electron chi connectivity index (χ3n) is 5.18. The molecule has 0 saturated carbocycles. The van der Waals surface area contributed by atoms with Crippen molar-refractivity contribution < 1.29 is 4.79 Å². The minimum absolute atomic E-state index is 0.0447. The van der Waals surface area contributed by atoms with E-state index in [1.54, 1.807) is 18.3 Å². The van der Waals surface area contributed by atoms with Crippen LogP contribution in [-0.2, 0) is 0 Å². The van der Waals surface area contributed by atoms with Gasteiger partial charge in [0.25, 0.3) is 5.91 Å². The van der Waals surface area contributed by atoms with Gasteiger partial charge in [0.15, 0.2) is 0 Å². The summed E-state index contributed by atoms with van der Waals surface area (Å²) in [6.45, 7) is 8.51. The number of benzene rings is 2. The first-order chi connectivity index (χ1) is 13.5. The van der Waals surface area contributed by atoms with Crippen LogP contribution in [0.15, 0.2) is 54.7 Å². The summed E-state index contributed by atoms with van der Waals surface area (Å²) >= 11 is 0. The van der Waals surface area contributed by atoms with Crippen molar-refractivity contribution in [1.82, 2.24) is 14.7 Å². The van der Waals surface area contributed by atoms with Gasteiger partial charge >= 0.3 is 0 Å². The second kappa shape index (κ2) is 8.10. The molecule has 1 amide bonds. The maximum absolute atomic E-state index is 13.3. The standard InChI is InChI=1S/C23H24N4O/c1-5-26(17(3)20-12-10-19(14-24)11-13-20)23(28)21-15-25-27(18(21)4)22-9-7-6-8-16(22)2/h6-13,15,17H,5H2,1-4H3. The van der Waals surface area contributed by atoms with Gasteiger partial charge in [-0.1, -0.05) is 30.3 Å². The number of aryl methyl sites for hydroxylation is 1. The summed E-state index contributed by atoms with van der Waals surface area (Å²) in [6, 6.07) is 17.4. The van der Waals surface area contributed by atoms with Crippen molar-refractivity contribution in [3.63, 3.8) is 0 Å². The maximum atomic E-state index is 13.3. The van der Waals surface area contributed by atoms with Crippen molar-refractivity contribution in [3.8, 4) is 11.8 Å². The molecule has 0 bridgehead atoms. The number of hydrogen-bond acceptors (Lipinski definition) is 3. The fourth-order valence-corrected chi connectivity index (χ4v) is 3.43. The molecule has 0 N–H and O–H groups in total. The van der Waals surface area contributed by atoms with Crippen molar-refractivity contribution in [3.05, 3.63) is 82.7 Å². The summed E-state index contributed by atoms with van der Waals surface area (Å²) < 4.78 is 1.82. The number of nitrogens with zero attached hydrogens (tertiary/aromatic N) is 4. The van der Waals surface area contributed by atoms with E-state index in [0.717, 1.165) is 22.5 Å². The van der Waals surface area contributed by atoms with Gasteiger partial charge < -0.3 is 4.90 Å². The van der Waals surface area contributed by atoms with E-state index in [4.69, 9.17) is 5.26 Å². The maximum Gasteiger partial charge on any atom is 0.257 e. The number of rotatable bonds is 5. The van der Waals surface area contributed by atoms with Gasteiger partial charge in [-0.25, -0.2) is 4.68 Å². The first kappa shape index (κ1) is 19.4. The predicted octanol–water partition coefficient (Wildman–Crippen LogP) is 4.58. The molecule has 1 aromatic heterocycles. The Bertz CT molecular complexity index is 1030. The number of para-hydroxylation sites is 1. The molecule has 1 heterocycles. The third-order valence-corrected chi connectivity index (χ3v) is 5.18. The monoisotopic (exact) mass is 372 g/mol. The molecule has 5 heteroatoms. The van der Waals surface area contributed by atoms with Crippen molar-refractivity contribution in [2.24, 2.45) is 0 Å². The second-order valence-electron chi connectivity index (χ2n) is 6.84. The fourth-order valence-electron chi connectivity index (χ4n) is 3.43. The summed E-state index contributed by atoms with van der Waals surface area (Å²) in [7, 11) is 0. The van der Waals surface area contributed by atoms with Gasteiger partial charge in [0.2, 0.25) is 0 Å². The Balaban J connectivity index is 1.91. The number of amides is 1. The number of aromatic nitrogens is 2. The molecule has 1 unspecified atom stereocenters. The van der Waals surface area contributed by atoms with Crippen LogP contribution in [0.4, 0.5) is 0 Å². The average molecular weight is 372 g/mol. The molecule has 0 aliphatic rings. The number of carbonyl (C=O) groups is 1. The van der Waals surface area contributed by atoms with Crippen LogP contribution < -0.4 is 0 Å². The fraction of sp³-hybridized carbons (Fsp3) is 0.261. The van der Waals surface area contributed by atoms with Gasteiger partial charge in [-0.2, -0.15) is 10.4 Å². The van der Waals surface area contributed by atoms with Crippen molar-refractivity contribution >= 4 is 5.91 Å². The lowest BCUT2D eigenvalue weighted by atomic mass is 10.0. The minimum atomic E-state index is -0.105. The molecule has 0 aliphatic carbocycles. The van der Waals surface area contributed by atoms with Crippen LogP contribution in [0.5, 0.6) is 0 Å². The summed E-state index contributed by atoms with van der Waals surface area (Å²) in [6.07, 6.45) is 1.65. The zero-order chi connectivity index (χ0) is 20.3. The van der Waals surface area contributed by atoms with Crippen molar-refractivity contribution in [2.75, 3.05) is 6.54 Å². The summed E-state index contributed by atoms with van der Waals surface area (Å²) in [5.41, 5.74) is 5.11. The van der Waals surface area contributed by atoms with E-state index >= 15 is 0 Å². The van der Waals surface area contributed by atoms with Gasteiger partial charge in [-0.05, 0) is 57.0 Å². The largest absolute Gasteiger partial charge is 0.332 e. The SMILES string of the molecule is CCN(C(=O)c1cnn(-c2ccccc2C)c1C)C(C)c1ccc(C#N)cc1. The smallest absolute Gasteiger partial charge is 0.257 e. The molecule has 1 atom stereocenters. The lowest BCUT2D eigenvalue weighted by Gasteiger charge is -2.28. The Morgan fingerprint density at radius 3 is 2.46 bits per heavy atom. The van der Waals surface area contributed by atoms with Gasteiger partial charge in [-0.3, -0.25) is 4.79 Å². The van der Waals surface area contributed by atoms with Crippen LogP contribution in [0.1, 0.15) is 52.6 Å². The topological polar surface area (TPSA) is 61.9 Å². The highest BCUT2D eigenvalue weighted by molar-refractivity contribution is 5.95. The van der Waals surface area contributed by atoms with E-state index in [1.165, 1.54) is 0 Å².